The zero-order valence-electron chi connectivity index (χ0n) is 33.2. The molecule has 0 heterocycles. The van der Waals surface area contributed by atoms with Gasteiger partial charge in [0.2, 0.25) is 0 Å². The number of benzene rings is 9. The van der Waals surface area contributed by atoms with E-state index in [0.717, 1.165) is 17.1 Å². The minimum Gasteiger partial charge on any atom is -0.310 e. The first-order chi connectivity index (χ1) is 29.0. The molecule has 0 saturated carbocycles. The molecule has 1 nitrogen and oxygen atoms in total. The number of hydrogen-bond donors (Lipinski definition) is 0. The van der Waals surface area contributed by atoms with Crippen molar-refractivity contribution in [2.45, 2.75) is 24.7 Å². The number of hydrogen-bond acceptors (Lipinski definition) is 1. The van der Waals surface area contributed by atoms with Crippen LogP contribution in [0.15, 0.2) is 212 Å². The summed E-state index contributed by atoms with van der Waals surface area (Å²) < 4.78 is 0. The maximum absolute atomic E-state index is 2.51. The first-order valence-electron chi connectivity index (χ1n) is 20.8. The quantitative estimate of drug-likeness (QED) is 0.164. The molecule has 3 aliphatic carbocycles. The van der Waals surface area contributed by atoms with Crippen molar-refractivity contribution < 1.29 is 0 Å². The van der Waals surface area contributed by atoms with Gasteiger partial charge >= 0.3 is 0 Å². The Balaban J connectivity index is 1.13. The van der Waals surface area contributed by atoms with Gasteiger partial charge in [-0.15, -0.1) is 0 Å². The van der Waals surface area contributed by atoms with Crippen molar-refractivity contribution in [2.75, 3.05) is 4.90 Å². The molecule has 0 saturated heterocycles. The lowest BCUT2D eigenvalue weighted by Crippen LogP contribution is -2.26. The molecule has 0 radical (unpaired) electrons. The second-order valence-electron chi connectivity index (χ2n) is 16.9. The van der Waals surface area contributed by atoms with Crippen LogP contribution in [0.5, 0.6) is 0 Å². The van der Waals surface area contributed by atoms with Crippen molar-refractivity contribution in [1.29, 1.82) is 0 Å². The van der Waals surface area contributed by atoms with Crippen molar-refractivity contribution in [1.82, 2.24) is 0 Å². The summed E-state index contributed by atoms with van der Waals surface area (Å²) in [4.78, 5) is 2.51. The van der Waals surface area contributed by atoms with E-state index in [1.165, 1.54) is 89.0 Å². The molecule has 0 aliphatic heterocycles. The van der Waals surface area contributed by atoms with Crippen molar-refractivity contribution >= 4 is 17.1 Å². The second-order valence-corrected chi connectivity index (χ2v) is 16.9. The Morgan fingerprint density at radius 2 is 0.780 bits per heavy atom. The van der Waals surface area contributed by atoms with Crippen LogP contribution in [0.25, 0.3) is 55.6 Å². The minimum atomic E-state index is -0.441. The van der Waals surface area contributed by atoms with E-state index < -0.39 is 5.41 Å². The van der Waals surface area contributed by atoms with Gasteiger partial charge in [-0.1, -0.05) is 184 Å². The molecule has 1 heteroatoms. The van der Waals surface area contributed by atoms with E-state index in [4.69, 9.17) is 0 Å². The molecular weight excluding hydrogens is 711 g/mol. The molecule has 0 bridgehead atoms. The van der Waals surface area contributed by atoms with Gasteiger partial charge in [0.1, 0.15) is 0 Å². The highest BCUT2D eigenvalue weighted by Crippen LogP contribution is 2.64. The zero-order valence-corrected chi connectivity index (χ0v) is 33.2. The SMILES string of the molecule is CC1(C)c2ccccc2-c2ccc(N(c3cc(-c4ccccc4)cc(-c4ccccc4)c3)c3cccc(C45c6ccccc6-c6cccc(c64)-c4ccccc45)c3)cc21. The normalized spacial score (nSPS) is 14.2. The average molecular weight is 752 g/mol. The first-order valence-corrected chi connectivity index (χ1v) is 20.8. The Hall–Kier alpha value is -7.22. The summed E-state index contributed by atoms with van der Waals surface area (Å²) in [6, 6.07) is 79.3. The highest BCUT2D eigenvalue weighted by atomic mass is 15.1. The molecule has 0 unspecified atom stereocenters. The third-order valence-corrected chi connectivity index (χ3v) is 13.4. The molecule has 9 aromatic carbocycles. The van der Waals surface area contributed by atoms with Crippen molar-refractivity contribution in [3.8, 4) is 55.6 Å². The van der Waals surface area contributed by atoms with Gasteiger partial charge in [-0.25, -0.2) is 0 Å². The van der Waals surface area contributed by atoms with Crippen LogP contribution in [0.3, 0.4) is 0 Å². The molecule has 0 amide bonds. The minimum absolute atomic E-state index is 0.142. The maximum Gasteiger partial charge on any atom is 0.0726 e. The number of fused-ring (bicyclic) bond motifs is 9. The molecule has 59 heavy (non-hydrogen) atoms. The van der Waals surface area contributed by atoms with Gasteiger partial charge in [-0.05, 0) is 131 Å². The van der Waals surface area contributed by atoms with Gasteiger partial charge in [0.15, 0.2) is 0 Å². The lowest BCUT2D eigenvalue weighted by atomic mass is 9.70. The standard InChI is InChI=1S/C58H41N/c1-57(2)52-28-12-9-23-46(52)49-32-31-44(37-55(49)57)59(45-34-40(38-17-5-3-6-18-38)33-41(35-45)39-19-7-4-8-20-39)43-22-15-21-42(36-43)58-53-29-13-10-24-47(53)50-26-16-27-51(56(50)58)48-25-11-14-30-54(48)58/h3-37H,1-2H3. The van der Waals surface area contributed by atoms with E-state index in [-0.39, 0.29) is 5.41 Å². The van der Waals surface area contributed by atoms with Crippen LogP contribution >= 0.6 is 0 Å². The molecular formula is C58H41N. The van der Waals surface area contributed by atoms with E-state index >= 15 is 0 Å². The van der Waals surface area contributed by atoms with Gasteiger partial charge in [-0.3, -0.25) is 0 Å². The molecule has 9 aromatic rings. The summed E-state index contributed by atoms with van der Waals surface area (Å²) in [5.41, 5.74) is 23.6. The van der Waals surface area contributed by atoms with E-state index in [1.807, 2.05) is 0 Å². The molecule has 0 atom stereocenters. The summed E-state index contributed by atoms with van der Waals surface area (Å²) in [5.74, 6) is 0. The molecule has 0 N–H and O–H groups in total. The fourth-order valence-corrected chi connectivity index (χ4v) is 10.9. The van der Waals surface area contributed by atoms with Crippen molar-refractivity contribution in [3.05, 3.63) is 246 Å². The van der Waals surface area contributed by atoms with Gasteiger partial charge in [0, 0.05) is 22.5 Å². The highest BCUT2D eigenvalue weighted by molar-refractivity contribution is 5.99. The van der Waals surface area contributed by atoms with Gasteiger partial charge in [0.25, 0.3) is 0 Å². The van der Waals surface area contributed by atoms with Crippen LogP contribution in [-0.4, -0.2) is 0 Å². The van der Waals surface area contributed by atoms with Gasteiger partial charge in [0.05, 0.1) is 5.41 Å². The first kappa shape index (κ1) is 33.9. The van der Waals surface area contributed by atoms with Crippen molar-refractivity contribution in [2.24, 2.45) is 0 Å². The van der Waals surface area contributed by atoms with Gasteiger partial charge in [-0.2, -0.15) is 0 Å². The van der Waals surface area contributed by atoms with E-state index in [2.05, 4.69) is 231 Å². The fourth-order valence-electron chi connectivity index (χ4n) is 10.9. The molecule has 3 aliphatic rings. The monoisotopic (exact) mass is 751 g/mol. The van der Waals surface area contributed by atoms with Gasteiger partial charge < -0.3 is 4.90 Å². The third kappa shape index (κ3) is 4.79. The third-order valence-electron chi connectivity index (χ3n) is 13.4. The highest BCUT2D eigenvalue weighted by Gasteiger charge is 2.52. The molecule has 0 spiro atoms. The topological polar surface area (TPSA) is 3.24 Å². The number of rotatable bonds is 6. The lowest BCUT2D eigenvalue weighted by Gasteiger charge is -2.33. The second kappa shape index (κ2) is 12.6. The maximum atomic E-state index is 2.51. The fraction of sp³-hybridized carbons (Fsp3) is 0.0690. The predicted octanol–water partition coefficient (Wildman–Crippen LogP) is 15.1. The zero-order chi connectivity index (χ0) is 39.3. The molecule has 0 fully saturated rings. The summed E-state index contributed by atoms with van der Waals surface area (Å²) >= 11 is 0. The van der Waals surface area contributed by atoms with Crippen LogP contribution in [0, 0.1) is 0 Å². The van der Waals surface area contributed by atoms with Crippen LogP contribution in [-0.2, 0) is 10.8 Å². The van der Waals surface area contributed by atoms with Crippen LogP contribution < -0.4 is 4.90 Å². The number of nitrogens with zero attached hydrogens (tertiary/aromatic N) is 1. The van der Waals surface area contributed by atoms with E-state index in [0.29, 0.717) is 0 Å². The Kier molecular flexibility index (Phi) is 7.26. The van der Waals surface area contributed by atoms with E-state index in [1.54, 1.807) is 0 Å². The molecule has 278 valence electrons. The largest absolute Gasteiger partial charge is 0.310 e. The summed E-state index contributed by atoms with van der Waals surface area (Å²) in [7, 11) is 0. The Labute approximate surface area is 346 Å². The van der Waals surface area contributed by atoms with Crippen molar-refractivity contribution in [3.63, 3.8) is 0 Å². The lowest BCUT2D eigenvalue weighted by molar-refractivity contribution is 0.660. The predicted molar refractivity (Wildman–Crippen MR) is 246 cm³/mol. The van der Waals surface area contributed by atoms with Crippen LogP contribution in [0.4, 0.5) is 17.1 Å². The Morgan fingerprint density at radius 3 is 1.39 bits per heavy atom. The molecule has 12 rings (SSSR count). The van der Waals surface area contributed by atoms with Crippen LogP contribution in [0.2, 0.25) is 0 Å². The summed E-state index contributed by atoms with van der Waals surface area (Å²) in [5, 5.41) is 0. The molecule has 0 aromatic heterocycles. The average Bonchev–Trinajstić information content (AvgIpc) is 3.86. The summed E-state index contributed by atoms with van der Waals surface area (Å²) in [6.07, 6.45) is 0. The number of anilines is 3. The smallest absolute Gasteiger partial charge is 0.0726 e. The van der Waals surface area contributed by atoms with Crippen LogP contribution in [0.1, 0.15) is 47.2 Å². The Bertz CT molecular complexity index is 3010. The summed E-state index contributed by atoms with van der Waals surface area (Å²) in [6.45, 7) is 4.75. The Morgan fingerprint density at radius 1 is 0.305 bits per heavy atom. The van der Waals surface area contributed by atoms with E-state index in [9.17, 15) is 0 Å².